The molecule has 0 amide bonds. The Hall–Kier alpha value is -1.93. The molecule has 1 aromatic heterocycles. The number of nitriles is 1. The molecule has 124 valence electrons. The van der Waals surface area contributed by atoms with Gasteiger partial charge >= 0.3 is 0 Å². The normalized spacial score (nSPS) is 23.1. The van der Waals surface area contributed by atoms with E-state index in [9.17, 15) is 0 Å². The fourth-order valence-electron chi connectivity index (χ4n) is 3.54. The lowest BCUT2D eigenvalue weighted by molar-refractivity contribution is 0.744. The highest BCUT2D eigenvalue weighted by atomic mass is 32.2. The molecule has 2 heterocycles. The molecule has 24 heavy (non-hydrogen) atoms. The molecule has 0 spiro atoms. The van der Waals surface area contributed by atoms with Crippen LogP contribution in [0.4, 0.5) is 5.82 Å². The minimum Gasteiger partial charge on any atom is -0.369 e. The maximum Gasteiger partial charge on any atom is 0.128 e. The molecule has 4 nitrogen and oxygen atoms in total. The molecular weight excluding hydrogens is 316 g/mol. The first kappa shape index (κ1) is 15.6. The number of thioether (sulfide) groups is 1. The van der Waals surface area contributed by atoms with Crippen LogP contribution in [-0.4, -0.2) is 21.6 Å². The Bertz CT molecular complexity index is 829. The fraction of sp³-hybridized carbons (Fsp3) is 0.474. The molecule has 1 N–H and O–H groups in total. The second kappa shape index (κ2) is 5.86. The Morgan fingerprint density at radius 3 is 2.83 bits per heavy atom. The minimum atomic E-state index is 0.280. The van der Waals surface area contributed by atoms with Crippen molar-refractivity contribution in [3.8, 4) is 6.07 Å². The highest BCUT2D eigenvalue weighted by Gasteiger charge is 2.37. The number of fused-ring (bicyclic) bond motifs is 1. The number of hydrogen-bond acceptors (Lipinski definition) is 4. The minimum absolute atomic E-state index is 0.280. The van der Waals surface area contributed by atoms with Gasteiger partial charge in [-0.15, -0.1) is 11.8 Å². The molecule has 0 unspecified atom stereocenters. The van der Waals surface area contributed by atoms with Gasteiger partial charge in [-0.1, -0.05) is 13.0 Å². The van der Waals surface area contributed by atoms with Gasteiger partial charge in [0.05, 0.1) is 22.6 Å². The van der Waals surface area contributed by atoms with Crippen LogP contribution in [0, 0.1) is 18.3 Å². The first-order chi connectivity index (χ1) is 11.6. The van der Waals surface area contributed by atoms with E-state index in [1.807, 2.05) is 35.6 Å². The second-order valence-electron chi connectivity index (χ2n) is 6.94. The van der Waals surface area contributed by atoms with Gasteiger partial charge < -0.3 is 5.32 Å². The van der Waals surface area contributed by atoms with E-state index in [1.165, 1.54) is 41.0 Å². The summed E-state index contributed by atoms with van der Waals surface area (Å²) in [6.07, 6.45) is 2.51. The Morgan fingerprint density at radius 2 is 2.17 bits per heavy atom. The van der Waals surface area contributed by atoms with Crippen LogP contribution in [0.2, 0.25) is 0 Å². The van der Waals surface area contributed by atoms with Crippen LogP contribution in [0.3, 0.4) is 0 Å². The van der Waals surface area contributed by atoms with Crippen molar-refractivity contribution in [3.05, 3.63) is 46.1 Å². The van der Waals surface area contributed by atoms with Crippen molar-refractivity contribution in [2.45, 2.75) is 43.1 Å². The Labute approximate surface area is 147 Å². The molecule has 2 atom stereocenters. The lowest BCUT2D eigenvalue weighted by Crippen LogP contribution is -2.13. The lowest BCUT2D eigenvalue weighted by Gasteiger charge is -2.20. The SMILES string of the molecule is Cc1cc(C#N)ccc1[C@H]1S[C@H](C)CNc2c1c(C1CC1)nn2C. The van der Waals surface area contributed by atoms with Gasteiger partial charge in [0.2, 0.25) is 0 Å². The van der Waals surface area contributed by atoms with Crippen LogP contribution in [0.1, 0.15) is 58.9 Å². The van der Waals surface area contributed by atoms with Crippen LogP contribution < -0.4 is 5.32 Å². The fourth-order valence-corrected chi connectivity index (χ4v) is 4.97. The summed E-state index contributed by atoms with van der Waals surface area (Å²) < 4.78 is 2.02. The zero-order valence-electron chi connectivity index (χ0n) is 14.3. The zero-order chi connectivity index (χ0) is 16.8. The topological polar surface area (TPSA) is 53.6 Å². The average Bonchev–Trinajstić information content (AvgIpc) is 3.36. The predicted octanol–water partition coefficient (Wildman–Crippen LogP) is 4.11. The average molecular weight is 338 g/mol. The first-order valence-corrected chi connectivity index (χ1v) is 9.49. The number of rotatable bonds is 2. The maximum atomic E-state index is 9.16. The predicted molar refractivity (Wildman–Crippen MR) is 98.5 cm³/mol. The molecule has 1 aliphatic heterocycles. The summed E-state index contributed by atoms with van der Waals surface area (Å²) in [5.74, 6) is 1.79. The standard InChI is InChI=1S/C19H22N4S/c1-11-8-13(9-20)4-7-15(11)18-16-17(14-5-6-14)22-23(3)19(16)21-10-12(2)24-18/h4,7-8,12,14,18,21H,5-6,10H2,1-3H3/t12-,18-/m1/s1. The van der Waals surface area contributed by atoms with Crippen molar-refractivity contribution in [1.82, 2.24) is 9.78 Å². The number of aryl methyl sites for hydroxylation is 2. The van der Waals surface area contributed by atoms with Gasteiger partial charge in [0, 0.05) is 30.3 Å². The molecule has 5 heteroatoms. The number of aromatic nitrogens is 2. The maximum absolute atomic E-state index is 9.16. The van der Waals surface area contributed by atoms with Crippen molar-refractivity contribution < 1.29 is 0 Å². The van der Waals surface area contributed by atoms with E-state index in [2.05, 4.69) is 31.3 Å². The third-order valence-electron chi connectivity index (χ3n) is 4.95. The summed E-state index contributed by atoms with van der Waals surface area (Å²) in [6.45, 7) is 5.35. The molecule has 4 rings (SSSR count). The molecule has 2 aromatic rings. The summed E-state index contributed by atoms with van der Waals surface area (Å²) in [5.41, 5.74) is 5.87. The molecule has 1 aromatic carbocycles. The summed E-state index contributed by atoms with van der Waals surface area (Å²) in [4.78, 5) is 0. The molecule has 1 fully saturated rings. The van der Waals surface area contributed by atoms with Crippen molar-refractivity contribution in [1.29, 1.82) is 5.26 Å². The van der Waals surface area contributed by atoms with E-state index >= 15 is 0 Å². The molecule has 1 saturated carbocycles. The molecule has 0 saturated heterocycles. The van der Waals surface area contributed by atoms with Crippen LogP contribution in [-0.2, 0) is 7.05 Å². The first-order valence-electron chi connectivity index (χ1n) is 8.55. The number of anilines is 1. The van der Waals surface area contributed by atoms with Gasteiger partial charge in [0.1, 0.15) is 5.82 Å². The molecule has 0 bridgehead atoms. The number of benzene rings is 1. The molecule has 1 aliphatic carbocycles. The Morgan fingerprint density at radius 1 is 1.38 bits per heavy atom. The van der Waals surface area contributed by atoms with Crippen LogP contribution in [0.25, 0.3) is 0 Å². The molecule has 0 radical (unpaired) electrons. The van der Waals surface area contributed by atoms with E-state index in [0.717, 1.165) is 12.1 Å². The Balaban J connectivity index is 1.87. The van der Waals surface area contributed by atoms with E-state index in [1.54, 1.807) is 0 Å². The largest absolute Gasteiger partial charge is 0.369 e. The van der Waals surface area contributed by atoms with Crippen molar-refractivity contribution in [2.24, 2.45) is 7.05 Å². The summed E-state index contributed by atoms with van der Waals surface area (Å²) in [7, 11) is 2.04. The summed E-state index contributed by atoms with van der Waals surface area (Å²) in [5, 5.41) is 18.4. The van der Waals surface area contributed by atoms with Crippen LogP contribution in [0.15, 0.2) is 18.2 Å². The highest BCUT2D eigenvalue weighted by molar-refractivity contribution is 8.00. The zero-order valence-corrected chi connectivity index (χ0v) is 15.2. The summed E-state index contributed by atoms with van der Waals surface area (Å²) in [6, 6.07) is 8.33. The van der Waals surface area contributed by atoms with Gasteiger partial charge in [0.15, 0.2) is 0 Å². The van der Waals surface area contributed by atoms with Gasteiger partial charge in [0.25, 0.3) is 0 Å². The van der Waals surface area contributed by atoms with E-state index in [0.29, 0.717) is 11.2 Å². The van der Waals surface area contributed by atoms with Crippen LogP contribution >= 0.6 is 11.8 Å². The number of hydrogen-bond donors (Lipinski definition) is 1. The van der Waals surface area contributed by atoms with E-state index in [-0.39, 0.29) is 5.25 Å². The Kier molecular flexibility index (Phi) is 3.80. The van der Waals surface area contributed by atoms with Crippen molar-refractivity contribution in [3.63, 3.8) is 0 Å². The van der Waals surface area contributed by atoms with Gasteiger partial charge in [-0.2, -0.15) is 10.4 Å². The van der Waals surface area contributed by atoms with Crippen molar-refractivity contribution >= 4 is 17.6 Å². The summed E-state index contributed by atoms with van der Waals surface area (Å²) >= 11 is 2.00. The quantitative estimate of drug-likeness (QED) is 0.895. The third kappa shape index (κ3) is 2.59. The second-order valence-corrected chi connectivity index (χ2v) is 8.48. The van der Waals surface area contributed by atoms with Gasteiger partial charge in [-0.05, 0) is 43.0 Å². The van der Waals surface area contributed by atoms with Gasteiger partial charge in [-0.25, -0.2) is 0 Å². The van der Waals surface area contributed by atoms with E-state index in [4.69, 9.17) is 10.4 Å². The monoisotopic (exact) mass is 338 g/mol. The smallest absolute Gasteiger partial charge is 0.128 e. The third-order valence-corrected chi connectivity index (χ3v) is 6.34. The lowest BCUT2D eigenvalue weighted by atomic mass is 9.97. The van der Waals surface area contributed by atoms with Crippen LogP contribution in [0.5, 0.6) is 0 Å². The molecular formula is C19H22N4S. The molecule has 2 aliphatic rings. The van der Waals surface area contributed by atoms with E-state index < -0.39 is 0 Å². The highest BCUT2D eigenvalue weighted by Crippen LogP contribution is 2.51. The number of nitrogens with zero attached hydrogens (tertiary/aromatic N) is 3. The van der Waals surface area contributed by atoms with Gasteiger partial charge in [-0.3, -0.25) is 4.68 Å². The number of nitrogens with one attached hydrogen (secondary N) is 1. The van der Waals surface area contributed by atoms with Crippen molar-refractivity contribution in [2.75, 3.05) is 11.9 Å².